The molecule has 2 rings (SSSR count). The van der Waals surface area contributed by atoms with Crippen LogP contribution in [0.4, 0.5) is 5.69 Å². The first kappa shape index (κ1) is 14.1. The molecule has 0 unspecified atom stereocenters. The molecule has 1 aliphatic rings. The van der Waals surface area contributed by atoms with Crippen LogP contribution < -0.4 is 10.6 Å². The minimum atomic E-state index is -0.301. The highest BCUT2D eigenvalue weighted by Crippen LogP contribution is 2.20. The molecular formula is C15H11N5O. The Kier molecular flexibility index (Phi) is 4.19. The van der Waals surface area contributed by atoms with Crippen LogP contribution in [0.5, 0.6) is 0 Å². The van der Waals surface area contributed by atoms with Crippen molar-refractivity contribution in [1.29, 1.82) is 15.8 Å². The van der Waals surface area contributed by atoms with E-state index in [9.17, 15) is 4.79 Å². The fourth-order valence-electron chi connectivity index (χ4n) is 1.66. The number of nitriles is 3. The van der Waals surface area contributed by atoms with E-state index in [2.05, 4.69) is 10.6 Å². The average molecular weight is 277 g/mol. The molecule has 0 aromatic heterocycles. The van der Waals surface area contributed by atoms with E-state index in [-0.39, 0.29) is 23.2 Å². The topological polar surface area (TPSA) is 112 Å². The summed E-state index contributed by atoms with van der Waals surface area (Å²) in [6.07, 6.45) is 2.00. The lowest BCUT2D eigenvalue weighted by Crippen LogP contribution is -2.25. The standard InChI is InChI=1S/C15H11N5O/c16-7-11(8-17)14(9-18)19-13-3-1-2-10(6-13)15(21)20-12-4-5-12/h1-3,6,12,19H,4-5H2,(H,20,21). The van der Waals surface area contributed by atoms with Gasteiger partial charge in [-0.05, 0) is 31.0 Å². The maximum atomic E-state index is 11.9. The molecule has 0 spiro atoms. The van der Waals surface area contributed by atoms with Gasteiger partial charge >= 0.3 is 0 Å². The van der Waals surface area contributed by atoms with Crippen LogP contribution in [0.3, 0.4) is 0 Å². The number of amides is 1. The lowest BCUT2D eigenvalue weighted by atomic mass is 10.1. The van der Waals surface area contributed by atoms with Crippen molar-refractivity contribution in [3.8, 4) is 18.2 Å². The van der Waals surface area contributed by atoms with Crippen molar-refractivity contribution in [3.63, 3.8) is 0 Å². The van der Waals surface area contributed by atoms with Crippen molar-refractivity contribution in [2.45, 2.75) is 18.9 Å². The van der Waals surface area contributed by atoms with Crippen LogP contribution in [0.15, 0.2) is 35.5 Å². The van der Waals surface area contributed by atoms with Crippen molar-refractivity contribution in [2.75, 3.05) is 5.32 Å². The van der Waals surface area contributed by atoms with Gasteiger partial charge in [0.15, 0.2) is 5.57 Å². The van der Waals surface area contributed by atoms with Gasteiger partial charge in [-0.1, -0.05) is 6.07 Å². The molecule has 2 N–H and O–H groups in total. The monoisotopic (exact) mass is 277 g/mol. The third-order valence-electron chi connectivity index (χ3n) is 2.89. The Morgan fingerprint density at radius 2 is 1.86 bits per heavy atom. The van der Waals surface area contributed by atoms with E-state index in [1.54, 1.807) is 42.5 Å². The Balaban J connectivity index is 2.20. The Morgan fingerprint density at radius 1 is 1.14 bits per heavy atom. The largest absolute Gasteiger partial charge is 0.349 e. The van der Waals surface area contributed by atoms with E-state index in [1.165, 1.54) is 0 Å². The number of carbonyl (C=O) groups excluding carboxylic acids is 1. The molecule has 0 saturated heterocycles. The van der Waals surface area contributed by atoms with E-state index >= 15 is 0 Å². The fourth-order valence-corrected chi connectivity index (χ4v) is 1.66. The van der Waals surface area contributed by atoms with Crippen molar-refractivity contribution >= 4 is 11.6 Å². The predicted octanol–water partition coefficient (Wildman–Crippen LogP) is 1.82. The zero-order valence-electron chi connectivity index (χ0n) is 11.1. The van der Waals surface area contributed by atoms with Crippen LogP contribution in [0, 0.1) is 34.0 Å². The Morgan fingerprint density at radius 3 is 2.43 bits per heavy atom. The second-order valence-electron chi connectivity index (χ2n) is 4.54. The van der Waals surface area contributed by atoms with Gasteiger partial charge in [0.05, 0.1) is 0 Å². The number of carbonyl (C=O) groups is 1. The van der Waals surface area contributed by atoms with Crippen LogP contribution in [-0.4, -0.2) is 11.9 Å². The zero-order chi connectivity index (χ0) is 15.2. The molecule has 6 heteroatoms. The third kappa shape index (κ3) is 3.59. The van der Waals surface area contributed by atoms with Gasteiger partial charge in [0, 0.05) is 17.3 Å². The quantitative estimate of drug-likeness (QED) is 0.815. The number of anilines is 1. The number of rotatable bonds is 4. The highest BCUT2D eigenvalue weighted by atomic mass is 16.1. The van der Waals surface area contributed by atoms with E-state index in [0.29, 0.717) is 11.3 Å². The lowest BCUT2D eigenvalue weighted by Gasteiger charge is -2.07. The van der Waals surface area contributed by atoms with Gasteiger partial charge in [-0.25, -0.2) is 0 Å². The second-order valence-corrected chi connectivity index (χ2v) is 4.54. The minimum Gasteiger partial charge on any atom is -0.349 e. The molecule has 21 heavy (non-hydrogen) atoms. The van der Waals surface area contributed by atoms with Gasteiger partial charge in [0.25, 0.3) is 5.91 Å². The van der Waals surface area contributed by atoms with E-state index in [4.69, 9.17) is 15.8 Å². The summed E-state index contributed by atoms with van der Waals surface area (Å²) in [7, 11) is 0. The van der Waals surface area contributed by atoms with Gasteiger partial charge in [-0.2, -0.15) is 15.8 Å². The molecule has 0 aliphatic heterocycles. The Labute approximate surface area is 121 Å². The summed E-state index contributed by atoms with van der Waals surface area (Å²) in [5.74, 6) is -0.176. The molecule has 1 fully saturated rings. The normalized spacial score (nSPS) is 12.2. The van der Waals surface area contributed by atoms with Gasteiger partial charge in [0.1, 0.15) is 23.9 Å². The van der Waals surface area contributed by atoms with Gasteiger partial charge in [0.2, 0.25) is 0 Å². The summed E-state index contributed by atoms with van der Waals surface area (Å²) in [5, 5.41) is 32.1. The lowest BCUT2D eigenvalue weighted by molar-refractivity contribution is 0.0951. The van der Waals surface area contributed by atoms with Crippen molar-refractivity contribution in [2.24, 2.45) is 0 Å². The molecule has 1 saturated carbocycles. The highest BCUT2D eigenvalue weighted by molar-refractivity contribution is 5.95. The van der Waals surface area contributed by atoms with Crippen LogP contribution >= 0.6 is 0 Å². The summed E-state index contributed by atoms with van der Waals surface area (Å²) in [5.41, 5.74) is 0.489. The van der Waals surface area contributed by atoms with E-state index in [1.807, 2.05) is 0 Å². The number of nitrogens with zero attached hydrogens (tertiary/aromatic N) is 3. The molecule has 1 aliphatic carbocycles. The summed E-state index contributed by atoms with van der Waals surface area (Å²) in [4.78, 5) is 11.9. The van der Waals surface area contributed by atoms with Crippen LogP contribution in [0.25, 0.3) is 0 Å². The summed E-state index contributed by atoms with van der Waals surface area (Å²) >= 11 is 0. The highest BCUT2D eigenvalue weighted by Gasteiger charge is 2.23. The Hall–Kier alpha value is -3.30. The molecule has 0 atom stereocenters. The number of benzene rings is 1. The summed E-state index contributed by atoms with van der Waals surface area (Å²) in [6.45, 7) is 0. The molecule has 0 radical (unpaired) electrons. The number of nitrogens with one attached hydrogen (secondary N) is 2. The van der Waals surface area contributed by atoms with Crippen molar-refractivity contribution in [3.05, 3.63) is 41.1 Å². The molecule has 1 amide bonds. The predicted molar refractivity (Wildman–Crippen MR) is 74.4 cm³/mol. The maximum absolute atomic E-state index is 11.9. The van der Waals surface area contributed by atoms with Gasteiger partial charge in [-0.15, -0.1) is 0 Å². The van der Waals surface area contributed by atoms with Gasteiger partial charge < -0.3 is 10.6 Å². The molecule has 1 aromatic carbocycles. The maximum Gasteiger partial charge on any atom is 0.251 e. The zero-order valence-corrected chi connectivity index (χ0v) is 11.1. The van der Waals surface area contributed by atoms with Crippen molar-refractivity contribution in [1.82, 2.24) is 5.32 Å². The first-order valence-corrected chi connectivity index (χ1v) is 6.30. The molecular weight excluding hydrogens is 266 g/mol. The first-order valence-electron chi connectivity index (χ1n) is 6.30. The average Bonchev–Trinajstić information content (AvgIpc) is 3.31. The van der Waals surface area contributed by atoms with Crippen LogP contribution in [0.2, 0.25) is 0 Å². The Bertz CT molecular complexity index is 710. The first-order chi connectivity index (χ1) is 10.2. The van der Waals surface area contributed by atoms with Crippen LogP contribution in [0.1, 0.15) is 23.2 Å². The van der Waals surface area contributed by atoms with Crippen molar-refractivity contribution < 1.29 is 4.79 Å². The second kappa shape index (κ2) is 6.23. The SMILES string of the molecule is N#CC(C#N)=C(C#N)Nc1cccc(C(=O)NC2CC2)c1. The minimum absolute atomic E-state index is 0.139. The molecule has 102 valence electrons. The van der Waals surface area contributed by atoms with Gasteiger partial charge in [-0.3, -0.25) is 4.79 Å². The summed E-state index contributed by atoms with van der Waals surface area (Å²) in [6, 6.07) is 11.9. The smallest absolute Gasteiger partial charge is 0.251 e. The number of hydrogen-bond acceptors (Lipinski definition) is 5. The number of hydrogen-bond donors (Lipinski definition) is 2. The molecule has 1 aromatic rings. The molecule has 0 heterocycles. The summed E-state index contributed by atoms with van der Waals surface area (Å²) < 4.78 is 0. The van der Waals surface area contributed by atoms with Crippen LogP contribution in [-0.2, 0) is 0 Å². The third-order valence-corrected chi connectivity index (χ3v) is 2.89. The number of allylic oxidation sites excluding steroid dienone is 2. The van der Waals surface area contributed by atoms with E-state index in [0.717, 1.165) is 12.8 Å². The molecule has 0 bridgehead atoms. The van der Waals surface area contributed by atoms with E-state index < -0.39 is 0 Å². The molecule has 6 nitrogen and oxygen atoms in total. The fraction of sp³-hybridized carbons (Fsp3) is 0.200.